The summed E-state index contributed by atoms with van der Waals surface area (Å²) in [7, 11) is -3.38. The molecule has 1 aliphatic rings. The van der Waals surface area contributed by atoms with Gasteiger partial charge in [0.05, 0.1) is 10.6 Å². The fourth-order valence-corrected chi connectivity index (χ4v) is 5.19. The second kappa shape index (κ2) is 8.70. The fourth-order valence-electron chi connectivity index (χ4n) is 3.82. The number of nitrogens with one attached hydrogen (secondary N) is 1. The first-order valence-corrected chi connectivity index (χ1v) is 11.3. The van der Waals surface area contributed by atoms with Gasteiger partial charge in [0.2, 0.25) is 0 Å². The SMILES string of the molecule is CC[C@@H]1CCCC[C@H]1NC(=O)c1ccc(CS(=O)(=O)c2ccccc2)cc1. The minimum Gasteiger partial charge on any atom is -0.349 e. The number of hydrogen-bond acceptors (Lipinski definition) is 3. The Hall–Kier alpha value is -2.14. The third-order valence-electron chi connectivity index (χ3n) is 5.43. The van der Waals surface area contributed by atoms with Crippen LogP contribution in [-0.4, -0.2) is 20.4 Å². The molecule has 1 fully saturated rings. The van der Waals surface area contributed by atoms with Crippen LogP contribution in [0.4, 0.5) is 0 Å². The van der Waals surface area contributed by atoms with Crippen LogP contribution in [-0.2, 0) is 15.6 Å². The van der Waals surface area contributed by atoms with E-state index in [0.717, 1.165) is 19.3 Å². The molecule has 0 saturated heterocycles. The number of sulfone groups is 1. The molecule has 0 unspecified atom stereocenters. The van der Waals surface area contributed by atoms with Crippen molar-refractivity contribution in [2.45, 2.75) is 55.7 Å². The van der Waals surface area contributed by atoms with Crippen LogP contribution in [0, 0.1) is 5.92 Å². The highest BCUT2D eigenvalue weighted by molar-refractivity contribution is 7.90. The number of carbonyl (C=O) groups is 1. The van der Waals surface area contributed by atoms with E-state index in [1.54, 1.807) is 54.6 Å². The molecule has 3 rings (SSSR count). The van der Waals surface area contributed by atoms with Gasteiger partial charge >= 0.3 is 0 Å². The summed E-state index contributed by atoms with van der Waals surface area (Å²) in [6, 6.07) is 15.6. The Labute approximate surface area is 161 Å². The maximum Gasteiger partial charge on any atom is 0.251 e. The van der Waals surface area contributed by atoms with Crippen molar-refractivity contribution in [3.8, 4) is 0 Å². The van der Waals surface area contributed by atoms with E-state index in [-0.39, 0.29) is 17.7 Å². The summed E-state index contributed by atoms with van der Waals surface area (Å²) >= 11 is 0. The first-order chi connectivity index (χ1) is 13.0. The molecule has 0 aromatic heterocycles. The second-order valence-corrected chi connectivity index (χ2v) is 9.29. The zero-order valence-corrected chi connectivity index (χ0v) is 16.5. The Kier molecular flexibility index (Phi) is 6.32. The van der Waals surface area contributed by atoms with Crippen molar-refractivity contribution >= 4 is 15.7 Å². The lowest BCUT2D eigenvalue weighted by Gasteiger charge is -2.31. The molecule has 1 amide bonds. The number of benzene rings is 2. The summed E-state index contributed by atoms with van der Waals surface area (Å²) in [5.41, 5.74) is 1.26. The van der Waals surface area contributed by atoms with E-state index in [4.69, 9.17) is 0 Å². The molecular formula is C22H27NO3S. The summed E-state index contributed by atoms with van der Waals surface area (Å²) in [6.45, 7) is 2.18. The Bertz CT molecular complexity index is 860. The lowest BCUT2D eigenvalue weighted by Crippen LogP contribution is -2.41. The number of amides is 1. The molecule has 0 heterocycles. The molecule has 1 aliphatic carbocycles. The average Bonchev–Trinajstić information content (AvgIpc) is 2.69. The highest BCUT2D eigenvalue weighted by Crippen LogP contribution is 2.27. The highest BCUT2D eigenvalue weighted by Gasteiger charge is 2.25. The first kappa shape index (κ1) is 19.6. The molecule has 0 radical (unpaired) electrons. The monoisotopic (exact) mass is 385 g/mol. The van der Waals surface area contributed by atoms with Gasteiger partial charge in [-0.3, -0.25) is 4.79 Å². The Morgan fingerprint density at radius 1 is 1.00 bits per heavy atom. The van der Waals surface area contributed by atoms with Gasteiger partial charge < -0.3 is 5.32 Å². The summed E-state index contributed by atoms with van der Waals surface area (Å²) in [4.78, 5) is 12.9. The molecule has 1 N–H and O–H groups in total. The first-order valence-electron chi connectivity index (χ1n) is 9.67. The Morgan fingerprint density at radius 3 is 2.33 bits per heavy atom. The van der Waals surface area contributed by atoms with Crippen molar-refractivity contribution in [3.05, 3.63) is 65.7 Å². The van der Waals surface area contributed by atoms with Gasteiger partial charge in [-0.25, -0.2) is 8.42 Å². The van der Waals surface area contributed by atoms with E-state index in [2.05, 4.69) is 12.2 Å². The lowest BCUT2D eigenvalue weighted by atomic mass is 9.83. The normalized spacial score (nSPS) is 20.2. The summed E-state index contributed by atoms with van der Waals surface area (Å²) in [5.74, 6) is 0.412. The van der Waals surface area contributed by atoms with Gasteiger partial charge in [0.1, 0.15) is 0 Å². The van der Waals surface area contributed by atoms with E-state index >= 15 is 0 Å². The van der Waals surface area contributed by atoms with Crippen molar-refractivity contribution in [1.82, 2.24) is 5.32 Å². The van der Waals surface area contributed by atoms with Crippen LogP contribution in [0.15, 0.2) is 59.5 Å². The number of rotatable bonds is 6. The Morgan fingerprint density at radius 2 is 1.67 bits per heavy atom. The van der Waals surface area contributed by atoms with Gasteiger partial charge in [0, 0.05) is 11.6 Å². The molecule has 144 valence electrons. The molecule has 0 bridgehead atoms. The minimum absolute atomic E-state index is 0.0700. The van der Waals surface area contributed by atoms with E-state index in [1.807, 2.05) is 0 Å². The predicted octanol–water partition coefficient (Wildman–Crippen LogP) is 4.36. The smallest absolute Gasteiger partial charge is 0.251 e. The van der Waals surface area contributed by atoms with Crippen LogP contribution >= 0.6 is 0 Å². The molecule has 5 heteroatoms. The zero-order valence-electron chi connectivity index (χ0n) is 15.7. The predicted molar refractivity (Wildman–Crippen MR) is 107 cm³/mol. The van der Waals surface area contributed by atoms with Crippen LogP contribution < -0.4 is 5.32 Å². The standard InChI is InChI=1S/C22H27NO3S/c1-2-18-8-6-7-11-21(18)23-22(24)19-14-12-17(13-15-19)16-27(25,26)20-9-4-3-5-10-20/h3-5,9-10,12-15,18,21H,2,6-8,11,16H2,1H3,(H,23,24)/t18-,21-/m1/s1. The van der Waals surface area contributed by atoms with Gasteiger partial charge in [-0.1, -0.05) is 56.5 Å². The van der Waals surface area contributed by atoms with Gasteiger partial charge in [-0.2, -0.15) is 0 Å². The van der Waals surface area contributed by atoms with Gasteiger partial charge in [0.15, 0.2) is 9.84 Å². The number of carbonyl (C=O) groups excluding carboxylic acids is 1. The molecule has 1 saturated carbocycles. The van der Waals surface area contributed by atoms with Crippen LogP contribution in [0.3, 0.4) is 0 Å². The van der Waals surface area contributed by atoms with Crippen molar-refractivity contribution in [2.75, 3.05) is 0 Å². The zero-order chi connectivity index (χ0) is 19.3. The minimum atomic E-state index is -3.38. The van der Waals surface area contributed by atoms with E-state index in [1.165, 1.54) is 12.8 Å². The van der Waals surface area contributed by atoms with Crippen molar-refractivity contribution in [2.24, 2.45) is 5.92 Å². The second-order valence-electron chi connectivity index (χ2n) is 7.30. The van der Waals surface area contributed by atoms with Gasteiger partial charge in [-0.05, 0) is 48.6 Å². The topological polar surface area (TPSA) is 63.2 Å². The summed E-state index contributed by atoms with van der Waals surface area (Å²) < 4.78 is 24.9. The number of hydrogen-bond donors (Lipinski definition) is 1. The van der Waals surface area contributed by atoms with Gasteiger partial charge in [0.25, 0.3) is 5.91 Å². The largest absolute Gasteiger partial charge is 0.349 e. The van der Waals surface area contributed by atoms with Crippen molar-refractivity contribution < 1.29 is 13.2 Å². The molecular weight excluding hydrogens is 358 g/mol. The summed E-state index contributed by atoms with van der Waals surface area (Å²) in [6.07, 6.45) is 5.71. The lowest BCUT2D eigenvalue weighted by molar-refractivity contribution is 0.0904. The molecule has 4 nitrogen and oxygen atoms in total. The van der Waals surface area contributed by atoms with Gasteiger partial charge in [-0.15, -0.1) is 0 Å². The molecule has 0 aliphatic heterocycles. The average molecular weight is 386 g/mol. The van der Waals surface area contributed by atoms with Crippen LogP contribution in [0.2, 0.25) is 0 Å². The third-order valence-corrected chi connectivity index (χ3v) is 7.13. The third kappa shape index (κ3) is 4.98. The molecule has 2 atom stereocenters. The van der Waals surface area contributed by atoms with E-state index < -0.39 is 9.84 Å². The van der Waals surface area contributed by atoms with Crippen molar-refractivity contribution in [3.63, 3.8) is 0 Å². The molecule has 2 aromatic rings. The van der Waals surface area contributed by atoms with E-state index in [0.29, 0.717) is 21.9 Å². The highest BCUT2D eigenvalue weighted by atomic mass is 32.2. The maximum atomic E-state index is 12.6. The molecule has 27 heavy (non-hydrogen) atoms. The van der Waals surface area contributed by atoms with Crippen LogP contribution in [0.5, 0.6) is 0 Å². The quantitative estimate of drug-likeness (QED) is 0.804. The maximum absolute atomic E-state index is 12.6. The van der Waals surface area contributed by atoms with Crippen LogP contribution in [0.1, 0.15) is 54.9 Å². The van der Waals surface area contributed by atoms with Crippen molar-refractivity contribution in [1.29, 1.82) is 0 Å². The molecule has 0 spiro atoms. The molecule has 2 aromatic carbocycles. The summed E-state index contributed by atoms with van der Waals surface area (Å²) in [5, 5.41) is 3.17. The van der Waals surface area contributed by atoms with E-state index in [9.17, 15) is 13.2 Å². The Balaban J connectivity index is 1.65. The van der Waals surface area contributed by atoms with Crippen LogP contribution in [0.25, 0.3) is 0 Å². The fraction of sp³-hybridized carbons (Fsp3) is 0.409.